The Hall–Kier alpha value is -2.96. The van der Waals surface area contributed by atoms with Crippen molar-refractivity contribution in [3.05, 3.63) is 53.4 Å². The quantitative estimate of drug-likeness (QED) is 0.666. The lowest BCUT2D eigenvalue weighted by Gasteiger charge is -2.32. The zero-order valence-corrected chi connectivity index (χ0v) is 15.9. The molecule has 150 valence electrons. The van der Waals surface area contributed by atoms with Crippen LogP contribution in [0.25, 0.3) is 11.0 Å². The smallest absolute Gasteiger partial charge is 0.223 e. The molecule has 1 aliphatic carbocycles. The molecule has 1 fully saturated rings. The van der Waals surface area contributed by atoms with E-state index in [1.165, 1.54) is 12.1 Å². The molecule has 7 heteroatoms. The zero-order valence-electron chi connectivity index (χ0n) is 15.9. The molecular weight excluding hydrogens is 375 g/mol. The van der Waals surface area contributed by atoms with Crippen molar-refractivity contribution in [1.82, 2.24) is 10.1 Å². The number of piperidine rings is 1. The van der Waals surface area contributed by atoms with Crippen LogP contribution >= 0.6 is 0 Å². The maximum absolute atomic E-state index is 13.4. The lowest BCUT2D eigenvalue weighted by molar-refractivity contribution is -0.133. The first kappa shape index (κ1) is 18.1. The van der Waals surface area contributed by atoms with E-state index < -0.39 is 0 Å². The molecule has 0 radical (unpaired) electrons. The Morgan fingerprint density at radius 2 is 2.03 bits per heavy atom. The van der Waals surface area contributed by atoms with Gasteiger partial charge in [0.15, 0.2) is 11.4 Å². The summed E-state index contributed by atoms with van der Waals surface area (Å²) in [6.07, 6.45) is 4.70. The van der Waals surface area contributed by atoms with Crippen molar-refractivity contribution in [2.45, 2.75) is 38.0 Å². The first-order chi connectivity index (χ1) is 14.1. The van der Waals surface area contributed by atoms with Crippen molar-refractivity contribution < 1.29 is 22.9 Å². The van der Waals surface area contributed by atoms with E-state index in [4.69, 9.17) is 8.94 Å². The van der Waals surface area contributed by atoms with Crippen molar-refractivity contribution in [1.29, 1.82) is 0 Å². The van der Waals surface area contributed by atoms with Crippen LogP contribution in [0.1, 0.15) is 53.4 Å². The Kier molecular flexibility index (Phi) is 4.45. The van der Waals surface area contributed by atoms with Gasteiger partial charge in [0.05, 0.1) is 17.5 Å². The van der Waals surface area contributed by atoms with Gasteiger partial charge in [-0.1, -0.05) is 5.16 Å². The summed E-state index contributed by atoms with van der Waals surface area (Å²) in [6.45, 7) is 1.24. The highest BCUT2D eigenvalue weighted by atomic mass is 19.1. The second kappa shape index (κ2) is 7.13. The average molecular weight is 396 g/mol. The number of furan rings is 1. The van der Waals surface area contributed by atoms with E-state index in [2.05, 4.69) is 5.16 Å². The van der Waals surface area contributed by atoms with Crippen LogP contribution in [0.4, 0.5) is 4.39 Å². The number of amides is 1. The molecule has 0 saturated carbocycles. The van der Waals surface area contributed by atoms with Crippen molar-refractivity contribution in [2.24, 2.45) is 5.92 Å². The number of likely N-dealkylation sites (tertiary alicyclic amines) is 1. The topological polar surface area (TPSA) is 76.6 Å². The second-order valence-corrected chi connectivity index (χ2v) is 7.92. The number of halogens is 1. The van der Waals surface area contributed by atoms with E-state index in [1.807, 2.05) is 4.90 Å². The van der Waals surface area contributed by atoms with E-state index in [9.17, 15) is 14.0 Å². The van der Waals surface area contributed by atoms with Crippen LogP contribution in [0.3, 0.4) is 0 Å². The van der Waals surface area contributed by atoms with Gasteiger partial charge in [-0.05, 0) is 37.5 Å². The number of aryl methyl sites for hydroxylation is 1. The number of hydrogen-bond donors (Lipinski definition) is 0. The summed E-state index contributed by atoms with van der Waals surface area (Å²) in [5, 5.41) is 4.98. The molecule has 1 saturated heterocycles. The van der Waals surface area contributed by atoms with Crippen molar-refractivity contribution in [3.8, 4) is 0 Å². The molecule has 3 aromatic rings. The summed E-state index contributed by atoms with van der Waals surface area (Å²) in [5.74, 6) is 0.347. The molecule has 1 aliphatic heterocycles. The minimum absolute atomic E-state index is 0.0181. The summed E-state index contributed by atoms with van der Waals surface area (Å²) in [7, 11) is 0. The highest BCUT2D eigenvalue weighted by Gasteiger charge is 2.33. The number of Topliss-reactive ketones (excluding diaryl/α,β-unsaturated/α-hetero) is 1. The maximum atomic E-state index is 13.4. The number of fused-ring (bicyclic) bond motifs is 2. The fraction of sp³-hybridized carbons (Fsp3) is 0.409. The molecule has 0 N–H and O–H groups in total. The van der Waals surface area contributed by atoms with Gasteiger partial charge in [-0.2, -0.15) is 0 Å². The molecular formula is C22H21FN2O4. The Morgan fingerprint density at radius 1 is 1.21 bits per heavy atom. The highest BCUT2D eigenvalue weighted by Crippen LogP contribution is 2.34. The first-order valence-electron chi connectivity index (χ1n) is 10.0. The molecule has 3 heterocycles. The molecule has 0 spiro atoms. The summed E-state index contributed by atoms with van der Waals surface area (Å²) in [6, 6.07) is 6.16. The Labute approximate surface area is 166 Å². The third-order valence-electron chi connectivity index (χ3n) is 6.22. The number of carbonyl (C=O) groups is 2. The molecule has 1 unspecified atom stereocenters. The fourth-order valence-electron chi connectivity index (χ4n) is 4.57. The number of ketones is 1. The van der Waals surface area contributed by atoms with Crippen LogP contribution in [0.5, 0.6) is 0 Å². The standard InChI is InChI=1S/C22H21FN2O4/c23-15-2-3-16-19(12-15)29-24-21(16)13-5-8-25(9-6-13)20(26)11-14-1-4-18-17(22(14)27)7-10-28-18/h2-3,7,10,12-14H,1,4-6,8-9,11H2. The number of nitrogens with zero attached hydrogens (tertiary/aromatic N) is 2. The minimum atomic E-state index is -0.347. The summed E-state index contributed by atoms with van der Waals surface area (Å²) >= 11 is 0. The van der Waals surface area contributed by atoms with Gasteiger partial charge in [-0.25, -0.2) is 4.39 Å². The van der Waals surface area contributed by atoms with Crippen molar-refractivity contribution in [3.63, 3.8) is 0 Å². The monoisotopic (exact) mass is 396 g/mol. The van der Waals surface area contributed by atoms with Crippen molar-refractivity contribution in [2.75, 3.05) is 13.1 Å². The van der Waals surface area contributed by atoms with E-state index in [0.717, 1.165) is 29.7 Å². The van der Waals surface area contributed by atoms with E-state index >= 15 is 0 Å². The second-order valence-electron chi connectivity index (χ2n) is 7.92. The summed E-state index contributed by atoms with van der Waals surface area (Å²) in [5.41, 5.74) is 1.91. The lowest BCUT2D eigenvalue weighted by Crippen LogP contribution is -2.40. The van der Waals surface area contributed by atoms with Gasteiger partial charge in [0.25, 0.3) is 0 Å². The lowest BCUT2D eigenvalue weighted by atomic mass is 9.84. The largest absolute Gasteiger partial charge is 0.469 e. The Balaban J connectivity index is 1.21. The van der Waals surface area contributed by atoms with Crippen LogP contribution in [0.15, 0.2) is 39.5 Å². The van der Waals surface area contributed by atoms with E-state index in [-0.39, 0.29) is 35.8 Å². The molecule has 29 heavy (non-hydrogen) atoms. The van der Waals surface area contributed by atoms with E-state index in [0.29, 0.717) is 37.1 Å². The number of aromatic nitrogens is 1. The van der Waals surface area contributed by atoms with Crippen LogP contribution < -0.4 is 0 Å². The van der Waals surface area contributed by atoms with Gasteiger partial charge in [0.1, 0.15) is 11.6 Å². The predicted molar refractivity (Wildman–Crippen MR) is 102 cm³/mol. The van der Waals surface area contributed by atoms with Crippen molar-refractivity contribution >= 4 is 22.7 Å². The van der Waals surface area contributed by atoms with Crippen LogP contribution in [-0.2, 0) is 11.2 Å². The number of hydrogen-bond acceptors (Lipinski definition) is 5. The maximum Gasteiger partial charge on any atom is 0.223 e. The average Bonchev–Trinajstić information content (AvgIpc) is 3.37. The van der Waals surface area contributed by atoms with Crippen LogP contribution in [0.2, 0.25) is 0 Å². The van der Waals surface area contributed by atoms with E-state index in [1.54, 1.807) is 18.4 Å². The van der Waals surface area contributed by atoms with Gasteiger partial charge >= 0.3 is 0 Å². The third kappa shape index (κ3) is 3.24. The summed E-state index contributed by atoms with van der Waals surface area (Å²) < 4.78 is 24.0. The first-order valence-corrected chi connectivity index (χ1v) is 10.0. The summed E-state index contributed by atoms with van der Waals surface area (Å²) in [4.78, 5) is 27.2. The molecule has 5 rings (SSSR count). The third-order valence-corrected chi connectivity index (χ3v) is 6.22. The number of carbonyl (C=O) groups excluding carboxylic acids is 2. The van der Waals surface area contributed by atoms with Crippen LogP contribution in [-0.4, -0.2) is 34.8 Å². The van der Waals surface area contributed by atoms with Gasteiger partial charge in [0.2, 0.25) is 5.91 Å². The molecule has 1 aromatic carbocycles. The fourth-order valence-corrected chi connectivity index (χ4v) is 4.57. The van der Waals surface area contributed by atoms with Crippen LogP contribution in [0, 0.1) is 11.7 Å². The normalized spacial score (nSPS) is 20.2. The Morgan fingerprint density at radius 3 is 2.86 bits per heavy atom. The van der Waals surface area contributed by atoms with Gasteiger partial charge in [-0.3, -0.25) is 9.59 Å². The van der Waals surface area contributed by atoms with Gasteiger partial charge in [-0.15, -0.1) is 0 Å². The Bertz CT molecular complexity index is 1080. The molecule has 1 atom stereocenters. The van der Waals surface area contributed by atoms with Gasteiger partial charge in [0, 0.05) is 49.2 Å². The zero-order chi connectivity index (χ0) is 20.0. The molecule has 2 aliphatic rings. The molecule has 1 amide bonds. The molecule has 0 bridgehead atoms. The highest BCUT2D eigenvalue weighted by molar-refractivity contribution is 6.01. The predicted octanol–water partition coefficient (Wildman–Crippen LogP) is 4.10. The molecule has 6 nitrogen and oxygen atoms in total. The minimum Gasteiger partial charge on any atom is -0.469 e. The number of benzene rings is 1. The molecule has 2 aromatic heterocycles. The number of rotatable bonds is 3. The van der Waals surface area contributed by atoms with Gasteiger partial charge < -0.3 is 13.8 Å². The SMILES string of the molecule is O=C1c2ccoc2CCC1CC(=O)N1CCC(c2noc3cc(F)ccc23)CC1.